The molecule has 2 heterocycles. The first-order valence-corrected chi connectivity index (χ1v) is 8.17. The molecule has 0 aromatic carbocycles. The van der Waals surface area contributed by atoms with E-state index in [0.29, 0.717) is 26.2 Å². The summed E-state index contributed by atoms with van der Waals surface area (Å²) >= 11 is 0. The molecule has 1 aromatic heterocycles. The summed E-state index contributed by atoms with van der Waals surface area (Å²) in [6, 6.07) is 1.57. The Kier molecular flexibility index (Phi) is 4.59. The lowest BCUT2D eigenvalue weighted by molar-refractivity contribution is -0.00292. The van der Waals surface area contributed by atoms with Crippen molar-refractivity contribution in [1.82, 2.24) is 14.1 Å². The summed E-state index contributed by atoms with van der Waals surface area (Å²) in [6.45, 7) is 5.91. The maximum absolute atomic E-state index is 12.6. The third kappa shape index (κ3) is 2.98. The van der Waals surface area contributed by atoms with E-state index >= 15 is 0 Å². The largest absolute Gasteiger partial charge is 0.375 e. The van der Waals surface area contributed by atoms with Gasteiger partial charge in [-0.15, -0.1) is 0 Å². The molecule has 1 saturated heterocycles. The summed E-state index contributed by atoms with van der Waals surface area (Å²) in [6.07, 6.45) is 3.21. The van der Waals surface area contributed by atoms with Crippen molar-refractivity contribution in [2.24, 2.45) is 0 Å². The first kappa shape index (κ1) is 14.5. The number of rotatable bonds is 5. The minimum absolute atomic E-state index is 0.00827. The highest BCUT2D eigenvalue weighted by atomic mass is 32.2. The van der Waals surface area contributed by atoms with Gasteiger partial charge in [0, 0.05) is 19.6 Å². The standard InChI is InChI=1S/C12H21N3O3S/c1-3-7-15-12(5-6-13-15)19(16,17)14-8-9-18-11(4-2)10-14/h5-6,11H,3-4,7-10H2,1-2H3/t11-/m1/s1. The second kappa shape index (κ2) is 6.02. The molecule has 108 valence electrons. The van der Waals surface area contributed by atoms with E-state index < -0.39 is 10.0 Å². The molecule has 0 aliphatic carbocycles. The molecule has 1 fully saturated rings. The number of hydrogen-bond donors (Lipinski definition) is 0. The van der Waals surface area contributed by atoms with Gasteiger partial charge in [0.15, 0.2) is 5.03 Å². The van der Waals surface area contributed by atoms with E-state index in [4.69, 9.17) is 4.74 Å². The van der Waals surface area contributed by atoms with Crippen LogP contribution in [0.5, 0.6) is 0 Å². The Morgan fingerprint density at radius 3 is 2.95 bits per heavy atom. The predicted octanol–water partition coefficient (Wildman–Crippen LogP) is 1.09. The average molecular weight is 287 g/mol. The van der Waals surface area contributed by atoms with Gasteiger partial charge in [0.05, 0.1) is 18.9 Å². The molecule has 0 unspecified atom stereocenters. The summed E-state index contributed by atoms with van der Waals surface area (Å²) in [4.78, 5) is 0. The highest BCUT2D eigenvalue weighted by Gasteiger charge is 2.32. The molecular weight excluding hydrogens is 266 g/mol. The van der Waals surface area contributed by atoms with Crippen molar-refractivity contribution in [2.75, 3.05) is 19.7 Å². The Morgan fingerprint density at radius 1 is 1.47 bits per heavy atom. The van der Waals surface area contributed by atoms with Crippen LogP contribution in [0.15, 0.2) is 17.3 Å². The Morgan fingerprint density at radius 2 is 2.26 bits per heavy atom. The molecule has 1 aromatic rings. The topological polar surface area (TPSA) is 64.4 Å². The Hall–Kier alpha value is -0.920. The van der Waals surface area contributed by atoms with Gasteiger partial charge in [0.25, 0.3) is 10.0 Å². The van der Waals surface area contributed by atoms with Crippen molar-refractivity contribution in [3.05, 3.63) is 12.3 Å². The van der Waals surface area contributed by atoms with Crippen LogP contribution in [0.25, 0.3) is 0 Å². The van der Waals surface area contributed by atoms with Crippen LogP contribution >= 0.6 is 0 Å². The van der Waals surface area contributed by atoms with Crippen molar-refractivity contribution in [3.8, 4) is 0 Å². The highest BCUT2D eigenvalue weighted by molar-refractivity contribution is 7.89. The van der Waals surface area contributed by atoms with Gasteiger partial charge >= 0.3 is 0 Å². The first-order chi connectivity index (χ1) is 9.09. The summed E-state index contributed by atoms with van der Waals surface area (Å²) in [7, 11) is -3.46. The fourth-order valence-corrected chi connectivity index (χ4v) is 3.79. The molecule has 19 heavy (non-hydrogen) atoms. The molecule has 6 nitrogen and oxygen atoms in total. The minimum atomic E-state index is -3.46. The minimum Gasteiger partial charge on any atom is -0.375 e. The van der Waals surface area contributed by atoms with Crippen LogP contribution in [0.3, 0.4) is 0 Å². The molecule has 0 saturated carbocycles. The monoisotopic (exact) mass is 287 g/mol. The second-order valence-electron chi connectivity index (χ2n) is 4.66. The zero-order valence-electron chi connectivity index (χ0n) is 11.4. The summed E-state index contributed by atoms with van der Waals surface area (Å²) in [5.41, 5.74) is 0. The average Bonchev–Trinajstić information content (AvgIpc) is 2.88. The predicted molar refractivity (Wildman–Crippen MR) is 71.3 cm³/mol. The number of aromatic nitrogens is 2. The maximum Gasteiger partial charge on any atom is 0.260 e. The maximum atomic E-state index is 12.6. The van der Waals surface area contributed by atoms with Crippen LogP contribution in [0, 0.1) is 0 Å². The van der Waals surface area contributed by atoms with Crippen molar-refractivity contribution < 1.29 is 13.2 Å². The van der Waals surface area contributed by atoms with E-state index in [9.17, 15) is 8.42 Å². The lowest BCUT2D eigenvalue weighted by atomic mass is 10.2. The van der Waals surface area contributed by atoms with Crippen LogP contribution in [-0.2, 0) is 21.3 Å². The van der Waals surface area contributed by atoms with Gasteiger partial charge in [-0.05, 0) is 18.9 Å². The SMILES string of the molecule is CCCn1nccc1S(=O)(=O)N1CCO[C@H](CC)C1. The van der Waals surface area contributed by atoms with E-state index in [1.807, 2.05) is 13.8 Å². The number of sulfonamides is 1. The van der Waals surface area contributed by atoms with E-state index in [2.05, 4.69) is 5.10 Å². The molecule has 0 amide bonds. The summed E-state index contributed by atoms with van der Waals surface area (Å²) in [5, 5.41) is 4.37. The van der Waals surface area contributed by atoms with E-state index in [0.717, 1.165) is 12.8 Å². The smallest absolute Gasteiger partial charge is 0.260 e. The zero-order valence-corrected chi connectivity index (χ0v) is 12.3. The van der Waals surface area contributed by atoms with Crippen LogP contribution in [-0.4, -0.2) is 48.3 Å². The van der Waals surface area contributed by atoms with Crippen molar-refractivity contribution >= 4 is 10.0 Å². The summed E-state index contributed by atoms with van der Waals surface area (Å²) < 4.78 is 33.8. The zero-order chi connectivity index (χ0) is 13.9. The number of aryl methyl sites for hydroxylation is 1. The van der Waals surface area contributed by atoms with E-state index in [-0.39, 0.29) is 11.1 Å². The Balaban J connectivity index is 2.23. The quantitative estimate of drug-likeness (QED) is 0.813. The number of hydrogen-bond acceptors (Lipinski definition) is 4. The van der Waals surface area contributed by atoms with E-state index in [1.54, 1.807) is 16.9 Å². The third-order valence-corrected chi connectivity index (χ3v) is 5.16. The van der Waals surface area contributed by atoms with Gasteiger partial charge in [0.2, 0.25) is 0 Å². The molecule has 0 bridgehead atoms. The van der Waals surface area contributed by atoms with Gasteiger partial charge in [-0.25, -0.2) is 8.42 Å². The molecule has 0 radical (unpaired) electrons. The van der Waals surface area contributed by atoms with Crippen LogP contribution in [0.1, 0.15) is 26.7 Å². The molecule has 1 aliphatic rings. The molecule has 0 spiro atoms. The van der Waals surface area contributed by atoms with Gasteiger partial charge in [-0.2, -0.15) is 9.40 Å². The van der Waals surface area contributed by atoms with E-state index in [1.165, 1.54) is 4.31 Å². The molecular formula is C12H21N3O3S. The van der Waals surface area contributed by atoms with Crippen LogP contribution in [0.2, 0.25) is 0 Å². The normalized spacial score (nSPS) is 21.7. The van der Waals surface area contributed by atoms with Crippen molar-refractivity contribution in [1.29, 1.82) is 0 Å². The number of nitrogens with zero attached hydrogens (tertiary/aromatic N) is 3. The van der Waals surface area contributed by atoms with Crippen molar-refractivity contribution in [3.63, 3.8) is 0 Å². The van der Waals surface area contributed by atoms with Gasteiger partial charge < -0.3 is 4.74 Å². The van der Waals surface area contributed by atoms with Crippen molar-refractivity contribution in [2.45, 2.75) is 44.4 Å². The summed E-state index contributed by atoms with van der Waals surface area (Å²) in [5.74, 6) is 0. The molecule has 2 rings (SSSR count). The molecule has 1 atom stereocenters. The number of morpholine rings is 1. The third-order valence-electron chi connectivity index (χ3n) is 3.27. The lowest BCUT2D eigenvalue weighted by Gasteiger charge is -2.31. The Labute approximate surface area is 114 Å². The molecule has 7 heteroatoms. The second-order valence-corrected chi connectivity index (χ2v) is 6.54. The fourth-order valence-electron chi connectivity index (χ4n) is 2.21. The Bertz CT molecular complexity index is 512. The first-order valence-electron chi connectivity index (χ1n) is 6.73. The lowest BCUT2D eigenvalue weighted by Crippen LogP contribution is -2.45. The fraction of sp³-hybridized carbons (Fsp3) is 0.750. The van der Waals surface area contributed by atoms with Gasteiger partial charge in [0.1, 0.15) is 0 Å². The molecule has 1 aliphatic heterocycles. The highest BCUT2D eigenvalue weighted by Crippen LogP contribution is 2.19. The van der Waals surface area contributed by atoms with Crippen LogP contribution in [0.4, 0.5) is 0 Å². The van der Waals surface area contributed by atoms with Crippen LogP contribution < -0.4 is 0 Å². The number of ether oxygens (including phenoxy) is 1. The van der Waals surface area contributed by atoms with Gasteiger partial charge in [-0.3, -0.25) is 4.68 Å². The van der Waals surface area contributed by atoms with Gasteiger partial charge in [-0.1, -0.05) is 13.8 Å². The molecule has 0 N–H and O–H groups in total.